The summed E-state index contributed by atoms with van der Waals surface area (Å²) in [4.78, 5) is 20.4. The fraction of sp³-hybridized carbons (Fsp3) is 0.471. The highest BCUT2D eigenvalue weighted by Crippen LogP contribution is 2.13. The third kappa shape index (κ3) is 5.93. The van der Waals surface area contributed by atoms with Crippen molar-refractivity contribution in [1.29, 1.82) is 0 Å². The molecule has 22 heavy (non-hydrogen) atoms. The van der Waals surface area contributed by atoms with Gasteiger partial charge in [-0.15, -0.1) is 11.3 Å². The van der Waals surface area contributed by atoms with Crippen molar-refractivity contribution in [3.63, 3.8) is 0 Å². The Kier molecular flexibility index (Phi) is 7.03. The van der Waals surface area contributed by atoms with Crippen molar-refractivity contribution >= 4 is 17.2 Å². The lowest BCUT2D eigenvalue weighted by Gasteiger charge is -2.02. The van der Waals surface area contributed by atoms with Gasteiger partial charge in [-0.25, -0.2) is 4.98 Å². The van der Waals surface area contributed by atoms with E-state index in [-0.39, 0.29) is 5.91 Å². The van der Waals surface area contributed by atoms with E-state index >= 15 is 0 Å². The lowest BCUT2D eigenvalue weighted by Crippen LogP contribution is -2.26. The van der Waals surface area contributed by atoms with E-state index in [9.17, 15) is 4.79 Å². The minimum absolute atomic E-state index is 0.0714. The Bertz CT molecular complexity index is 568. The largest absolute Gasteiger partial charge is 0.356 e. The minimum Gasteiger partial charge on any atom is -0.356 e. The molecule has 2 heterocycles. The van der Waals surface area contributed by atoms with E-state index in [1.165, 1.54) is 12.0 Å². The lowest BCUT2D eigenvalue weighted by atomic mass is 10.1. The Morgan fingerprint density at radius 1 is 1.23 bits per heavy atom. The molecule has 2 rings (SSSR count). The van der Waals surface area contributed by atoms with Gasteiger partial charge in [0.05, 0.1) is 17.1 Å². The summed E-state index contributed by atoms with van der Waals surface area (Å²) in [6.45, 7) is 2.93. The molecule has 0 bridgehead atoms. The number of hydrogen-bond acceptors (Lipinski definition) is 4. The Hall–Kier alpha value is -1.75. The normalized spacial score (nSPS) is 10.6. The second-order valence-corrected chi connectivity index (χ2v) is 6.26. The van der Waals surface area contributed by atoms with Gasteiger partial charge in [0.1, 0.15) is 0 Å². The van der Waals surface area contributed by atoms with Crippen LogP contribution in [0.4, 0.5) is 0 Å². The van der Waals surface area contributed by atoms with E-state index < -0.39 is 0 Å². The van der Waals surface area contributed by atoms with Crippen molar-refractivity contribution in [3.8, 4) is 0 Å². The quantitative estimate of drug-likeness (QED) is 0.723. The van der Waals surface area contributed by atoms with Crippen LogP contribution in [-0.2, 0) is 24.1 Å². The standard InChI is InChI=1S/C17H23N3OS/c1-2-3-4-9-19-16(21)12-15-13-22-17(20-15)6-5-14-7-10-18-11-8-14/h7-8,10-11,13H,2-6,9,12H2,1H3,(H,19,21). The zero-order chi connectivity index (χ0) is 15.6. The number of carbonyl (C=O) groups is 1. The number of thiazole rings is 1. The highest BCUT2D eigenvalue weighted by molar-refractivity contribution is 7.09. The maximum absolute atomic E-state index is 11.8. The molecule has 5 heteroatoms. The fourth-order valence-electron chi connectivity index (χ4n) is 2.18. The summed E-state index contributed by atoms with van der Waals surface area (Å²) in [5.41, 5.74) is 2.14. The zero-order valence-corrected chi connectivity index (χ0v) is 13.9. The first-order chi connectivity index (χ1) is 10.8. The van der Waals surface area contributed by atoms with Gasteiger partial charge in [0.2, 0.25) is 5.91 Å². The molecule has 0 atom stereocenters. The molecule has 0 unspecified atom stereocenters. The van der Waals surface area contributed by atoms with Crippen molar-refractivity contribution in [3.05, 3.63) is 46.2 Å². The molecule has 0 radical (unpaired) electrons. The van der Waals surface area contributed by atoms with Crippen LogP contribution in [0.1, 0.15) is 42.5 Å². The molecule has 0 saturated heterocycles. The Morgan fingerprint density at radius 2 is 2.05 bits per heavy atom. The van der Waals surface area contributed by atoms with E-state index in [0.717, 1.165) is 42.9 Å². The first-order valence-electron chi connectivity index (χ1n) is 7.87. The third-order valence-electron chi connectivity index (χ3n) is 3.42. The molecule has 0 aromatic carbocycles. The minimum atomic E-state index is 0.0714. The van der Waals surface area contributed by atoms with Gasteiger partial charge >= 0.3 is 0 Å². The zero-order valence-electron chi connectivity index (χ0n) is 13.0. The lowest BCUT2D eigenvalue weighted by molar-refractivity contribution is -0.120. The molecule has 0 aliphatic carbocycles. The van der Waals surface area contributed by atoms with Crippen LogP contribution in [0.15, 0.2) is 29.9 Å². The number of carbonyl (C=O) groups excluding carboxylic acids is 1. The van der Waals surface area contributed by atoms with Crippen molar-refractivity contribution in [2.45, 2.75) is 45.4 Å². The number of aromatic nitrogens is 2. The third-order valence-corrected chi connectivity index (χ3v) is 4.38. The van der Waals surface area contributed by atoms with Gasteiger partial charge in [-0.3, -0.25) is 9.78 Å². The molecule has 2 aromatic rings. The molecule has 4 nitrogen and oxygen atoms in total. The number of pyridine rings is 1. The summed E-state index contributed by atoms with van der Waals surface area (Å²) >= 11 is 1.64. The Balaban J connectivity index is 1.73. The molecule has 0 saturated carbocycles. The second-order valence-electron chi connectivity index (χ2n) is 5.32. The molecule has 1 N–H and O–H groups in total. The summed E-state index contributed by atoms with van der Waals surface area (Å²) in [5.74, 6) is 0.0714. The monoisotopic (exact) mass is 317 g/mol. The van der Waals surface area contributed by atoms with Crippen LogP contribution in [0, 0.1) is 0 Å². The molecule has 0 spiro atoms. The average molecular weight is 317 g/mol. The van der Waals surface area contributed by atoms with Gasteiger partial charge < -0.3 is 5.32 Å². The summed E-state index contributed by atoms with van der Waals surface area (Å²) in [5, 5.41) is 6.03. The maximum atomic E-state index is 11.8. The molecular weight excluding hydrogens is 294 g/mol. The van der Waals surface area contributed by atoms with Gasteiger partial charge in [-0.05, 0) is 30.5 Å². The number of nitrogens with one attached hydrogen (secondary N) is 1. The molecule has 1 amide bonds. The van der Waals surface area contributed by atoms with Crippen LogP contribution in [0.5, 0.6) is 0 Å². The predicted molar refractivity (Wildman–Crippen MR) is 90.0 cm³/mol. The number of aryl methyl sites for hydroxylation is 2. The van der Waals surface area contributed by atoms with E-state index in [1.807, 2.05) is 29.9 Å². The topological polar surface area (TPSA) is 54.9 Å². The molecule has 0 fully saturated rings. The summed E-state index contributed by atoms with van der Waals surface area (Å²) in [6, 6.07) is 4.05. The highest BCUT2D eigenvalue weighted by atomic mass is 32.1. The number of unbranched alkanes of at least 4 members (excludes halogenated alkanes) is 2. The Morgan fingerprint density at radius 3 is 2.82 bits per heavy atom. The number of rotatable bonds is 9. The highest BCUT2D eigenvalue weighted by Gasteiger charge is 2.07. The van der Waals surface area contributed by atoms with E-state index in [2.05, 4.69) is 22.2 Å². The van der Waals surface area contributed by atoms with Gasteiger partial charge in [0, 0.05) is 30.7 Å². The Labute approximate surface area is 136 Å². The van der Waals surface area contributed by atoms with Crippen LogP contribution < -0.4 is 5.32 Å². The second kappa shape index (κ2) is 9.30. The van der Waals surface area contributed by atoms with Crippen LogP contribution in [0.25, 0.3) is 0 Å². The van der Waals surface area contributed by atoms with Gasteiger partial charge in [0.25, 0.3) is 0 Å². The van der Waals surface area contributed by atoms with Crippen molar-refractivity contribution < 1.29 is 4.79 Å². The van der Waals surface area contributed by atoms with Gasteiger partial charge in [-0.2, -0.15) is 0 Å². The van der Waals surface area contributed by atoms with E-state index in [1.54, 1.807) is 11.3 Å². The molecule has 0 aliphatic heterocycles. The van der Waals surface area contributed by atoms with Crippen molar-refractivity contribution in [2.24, 2.45) is 0 Å². The molecule has 0 aliphatic rings. The van der Waals surface area contributed by atoms with Crippen LogP contribution in [0.3, 0.4) is 0 Å². The van der Waals surface area contributed by atoms with Crippen LogP contribution in [-0.4, -0.2) is 22.4 Å². The van der Waals surface area contributed by atoms with E-state index in [0.29, 0.717) is 6.42 Å². The van der Waals surface area contributed by atoms with Crippen molar-refractivity contribution in [1.82, 2.24) is 15.3 Å². The van der Waals surface area contributed by atoms with Gasteiger partial charge in [-0.1, -0.05) is 19.8 Å². The SMILES string of the molecule is CCCCCNC(=O)Cc1csc(CCc2ccncc2)n1. The molecular formula is C17H23N3OS. The average Bonchev–Trinajstić information content (AvgIpc) is 2.98. The fourth-order valence-corrected chi connectivity index (χ4v) is 2.97. The maximum Gasteiger partial charge on any atom is 0.226 e. The molecule has 2 aromatic heterocycles. The number of hydrogen-bond donors (Lipinski definition) is 1. The van der Waals surface area contributed by atoms with Crippen LogP contribution >= 0.6 is 11.3 Å². The number of nitrogens with zero attached hydrogens (tertiary/aromatic N) is 2. The molecule has 118 valence electrons. The smallest absolute Gasteiger partial charge is 0.226 e. The first kappa shape index (κ1) is 16.6. The van der Waals surface area contributed by atoms with E-state index in [4.69, 9.17) is 0 Å². The van der Waals surface area contributed by atoms with Crippen molar-refractivity contribution in [2.75, 3.05) is 6.54 Å². The summed E-state index contributed by atoms with van der Waals surface area (Å²) in [7, 11) is 0. The summed E-state index contributed by atoms with van der Waals surface area (Å²) in [6.07, 6.45) is 9.26. The summed E-state index contributed by atoms with van der Waals surface area (Å²) < 4.78 is 0. The van der Waals surface area contributed by atoms with Gasteiger partial charge in [0.15, 0.2) is 0 Å². The number of amides is 1. The first-order valence-corrected chi connectivity index (χ1v) is 8.74. The van der Waals surface area contributed by atoms with Crippen LogP contribution in [0.2, 0.25) is 0 Å². The predicted octanol–water partition coefficient (Wildman–Crippen LogP) is 3.17.